The molecule has 0 aromatic heterocycles. The zero-order valence-corrected chi connectivity index (χ0v) is 79.5. The quantitative estimate of drug-likeness (QED) is 0.00840. The van der Waals surface area contributed by atoms with Crippen molar-refractivity contribution in [3.8, 4) is 46.0 Å². The van der Waals surface area contributed by atoms with Gasteiger partial charge < -0.3 is 138 Å². The minimum Gasteiger partial charge on any atom is -0.872 e. The Hall–Kier alpha value is -6.41. The SMILES string of the molecule is CO.CO.CO.CO.Cc1cc(C=Nc2ccccc2[O-])c([O-])c(CN(CC[O-])CCO)c1.Cc1cc(C=Nc2ccccc2[O-])c([O-])c(CN(CC[O-])CCO)c1.Cc1cc(C=Nc2ccccc2[O-])c([O-])c(CN(CC[O-])CCO)c1.Cc1cc(C=Nc2ccccc2[O-])c([O-])c(CN(CC[O-])CCO)c1.O.O=[N+]([O-])[O-].O=[N+]([O-])[O-].[Mn+3].[Mn+3].[O-][Cl+3]([O-])([O-])[O-].[Tb+3].[Tb+3].[Tb+3]. The minimum atomic E-state index is -4.94. The summed E-state index contributed by atoms with van der Waals surface area (Å²) in [5.74, 6) is -1.57. The molecule has 0 fully saturated rings. The van der Waals surface area contributed by atoms with E-state index in [4.69, 9.17) is 90.1 Å². The molecule has 0 aliphatic carbocycles. The predicted molar refractivity (Wildman–Crippen MR) is 421 cm³/mol. The van der Waals surface area contributed by atoms with E-state index in [9.17, 15) is 61.3 Å². The Kier molecular flexibility index (Phi) is 91.5. The van der Waals surface area contributed by atoms with Gasteiger partial charge in [-0.25, -0.2) is 18.6 Å². The fourth-order valence-corrected chi connectivity index (χ4v) is 10.3. The Balaban J connectivity index is -0.000000191. The van der Waals surface area contributed by atoms with Gasteiger partial charge in [-0.3, -0.25) is 39.6 Å². The van der Waals surface area contributed by atoms with Gasteiger partial charge in [0, 0.05) is 106 Å². The number of halogens is 1. The number of aliphatic hydroxyl groups is 8. The fourth-order valence-electron chi connectivity index (χ4n) is 10.3. The van der Waals surface area contributed by atoms with Crippen LogP contribution in [0.15, 0.2) is 166 Å². The number of hydrogen-bond acceptors (Lipinski definition) is 38. The molecule has 706 valence electrons. The zero-order valence-electron chi connectivity index (χ0n) is 70.0. The molecule has 41 nitrogen and oxygen atoms in total. The standard InChI is InChI=1S/4C19H23N2O4.4CH4O.ClHO4.2Mn.2NO3.H2O.3Tb/c4*1-14-10-15(12-20-17-4-2-3-5-18(17)24)19(25)16(11-14)13-21(6-8-22)7-9-23;4*1-2;2-1(3,4)5;;;2*2-1(3)4;;;;/h4*2-5,10-12,22,24-25H,6-9,13H2,1H3;4*2H,1H3;(H,2,3,4,5);;;;;1H2;;;/q4*-1;;;;;;2*+3;2*-1;;3*+3/p-9. The Labute approximate surface area is 851 Å². The molecule has 47 heteroatoms. The van der Waals surface area contributed by atoms with Gasteiger partial charge >= 0.3 is 150 Å². The van der Waals surface area contributed by atoms with Gasteiger partial charge in [0.15, 0.2) is 0 Å². The van der Waals surface area contributed by atoms with Crippen molar-refractivity contribution in [2.24, 2.45) is 20.0 Å². The van der Waals surface area contributed by atoms with Crippen LogP contribution in [0.4, 0.5) is 22.7 Å². The van der Waals surface area contributed by atoms with Crippen LogP contribution in [-0.4, -0.2) is 235 Å². The van der Waals surface area contributed by atoms with Gasteiger partial charge in [0.25, 0.3) is 0 Å². The normalized spacial score (nSPS) is 10.1. The minimum absolute atomic E-state index is 0. The summed E-state index contributed by atoms with van der Waals surface area (Å²) in [6.07, 6.45) is 5.61. The molecule has 127 heavy (non-hydrogen) atoms. The second-order valence-corrected chi connectivity index (χ2v) is 24.7. The summed E-state index contributed by atoms with van der Waals surface area (Å²) < 4.78 is 34.0. The largest absolute Gasteiger partial charge is 3.00 e. The molecule has 0 spiro atoms. The molecule has 0 aliphatic rings. The fraction of sp³-hybridized carbons (Fsp3) is 0.350. The number of nitrogens with zero attached hydrogens (tertiary/aromatic N) is 10. The topological polar surface area (TPSA) is 757 Å². The van der Waals surface area contributed by atoms with E-state index in [0.717, 1.165) is 50.7 Å². The van der Waals surface area contributed by atoms with E-state index in [-0.39, 0.29) is 303 Å². The molecule has 0 bridgehead atoms. The smallest absolute Gasteiger partial charge is 0.872 e. The number of aryl methyl sites for hydroxylation is 4. The van der Waals surface area contributed by atoms with Gasteiger partial charge in [-0.1, -0.05) is 190 Å². The van der Waals surface area contributed by atoms with E-state index in [1.165, 1.54) is 49.1 Å². The molecule has 0 amide bonds. The maximum Gasteiger partial charge on any atom is 3.00 e. The number of aliphatic imine (C=N–C) groups is 4. The van der Waals surface area contributed by atoms with Crippen molar-refractivity contribution in [1.29, 1.82) is 0 Å². The van der Waals surface area contributed by atoms with Gasteiger partial charge in [0.1, 0.15) is 0 Å². The number of para-hydroxylation sites is 8. The summed E-state index contributed by atoms with van der Waals surface area (Å²) in [7, 11) is -0.944. The van der Waals surface area contributed by atoms with E-state index < -0.39 is 20.4 Å². The second kappa shape index (κ2) is 83.9. The average molecular weight is 2320 g/mol. The summed E-state index contributed by atoms with van der Waals surface area (Å²) in [6, 6.07) is 39.4. The maximum atomic E-state index is 12.6. The van der Waals surface area contributed by atoms with Crippen molar-refractivity contribution in [2.45, 2.75) is 53.9 Å². The van der Waals surface area contributed by atoms with Crippen LogP contribution < -0.4 is 79.9 Å². The molecule has 8 rings (SSSR count). The first-order valence-corrected chi connectivity index (χ1v) is 37.0. The molecule has 0 aliphatic heterocycles. The molecule has 0 radical (unpaired) electrons. The van der Waals surface area contributed by atoms with E-state index in [1.807, 2.05) is 27.7 Å². The van der Waals surface area contributed by atoms with Crippen molar-refractivity contribution in [3.05, 3.63) is 243 Å². The van der Waals surface area contributed by atoms with Crippen LogP contribution in [-0.2, 0) is 60.3 Å². The Morgan fingerprint density at radius 2 is 0.472 bits per heavy atom. The third-order valence-electron chi connectivity index (χ3n) is 15.1. The average Bonchev–Trinajstić information content (AvgIpc) is 0.844. The van der Waals surface area contributed by atoms with Gasteiger partial charge in [-0.2, -0.15) is 0 Å². The first kappa shape index (κ1) is 138. The molecule has 0 atom stereocenters. The van der Waals surface area contributed by atoms with Gasteiger partial charge in [0.05, 0.1) is 59.4 Å². The molecular weight excluding hydrogens is 2220 g/mol. The third kappa shape index (κ3) is 63.3. The van der Waals surface area contributed by atoms with E-state index in [1.54, 1.807) is 141 Å². The first-order valence-electron chi connectivity index (χ1n) is 35.8. The number of rotatable bonds is 32. The van der Waals surface area contributed by atoms with E-state index in [0.29, 0.717) is 96.9 Å². The molecule has 8 aromatic carbocycles. The summed E-state index contributed by atoms with van der Waals surface area (Å²) in [5.41, 5.74) is 8.38. The summed E-state index contributed by atoms with van der Waals surface area (Å²) in [4.78, 5) is 40.0. The predicted octanol–water partition coefficient (Wildman–Crippen LogP) is -7.44. The number of benzene rings is 8. The monoisotopic (exact) mass is 2320 g/mol. The molecule has 8 aromatic rings. The number of hydrogen-bond donors (Lipinski definition) is 8. The van der Waals surface area contributed by atoms with Crippen LogP contribution in [0.3, 0.4) is 0 Å². The van der Waals surface area contributed by atoms with Crippen LogP contribution in [0.1, 0.15) is 66.8 Å². The Bertz CT molecular complexity index is 3790. The van der Waals surface area contributed by atoms with Crippen molar-refractivity contribution < 1.29 is 297 Å². The summed E-state index contributed by atoms with van der Waals surface area (Å²) in [5, 5.41) is 235. The van der Waals surface area contributed by atoms with Crippen molar-refractivity contribution >= 4 is 47.6 Å². The molecule has 0 saturated carbocycles. The van der Waals surface area contributed by atoms with Crippen LogP contribution >= 0.6 is 0 Å². The van der Waals surface area contributed by atoms with E-state index in [2.05, 4.69) is 20.0 Å². The van der Waals surface area contributed by atoms with Crippen molar-refractivity contribution in [3.63, 3.8) is 0 Å². The van der Waals surface area contributed by atoms with Crippen molar-refractivity contribution in [1.82, 2.24) is 19.6 Å². The van der Waals surface area contributed by atoms with Gasteiger partial charge in [-0.15, -0.1) is 36.7 Å². The van der Waals surface area contributed by atoms with Crippen LogP contribution in [0, 0.1) is 184 Å². The summed E-state index contributed by atoms with van der Waals surface area (Å²) >= 11 is 0. The van der Waals surface area contributed by atoms with Gasteiger partial charge in [0.2, 0.25) is 0 Å². The third-order valence-corrected chi connectivity index (χ3v) is 15.1. The zero-order chi connectivity index (χ0) is 92.6. The first-order chi connectivity index (χ1) is 57.6. The molecule has 0 unspecified atom stereocenters. The Morgan fingerprint density at radius 1 is 0.323 bits per heavy atom. The molecule has 10 N–H and O–H groups in total. The molecular formula is C80H102ClMn2N10O31Tb3. The van der Waals surface area contributed by atoms with Crippen molar-refractivity contribution in [2.75, 3.05) is 134 Å². The molecule has 0 saturated heterocycles. The number of aliphatic hydroxyl groups excluding tert-OH is 8. The van der Waals surface area contributed by atoms with Crippen LogP contribution in [0.25, 0.3) is 0 Å². The molecule has 0 heterocycles. The van der Waals surface area contributed by atoms with Gasteiger partial charge in [-0.05, 0) is 123 Å². The van der Waals surface area contributed by atoms with Crippen LogP contribution in [0.5, 0.6) is 46.0 Å². The Morgan fingerprint density at radius 3 is 0.606 bits per heavy atom. The van der Waals surface area contributed by atoms with E-state index >= 15 is 0 Å². The summed E-state index contributed by atoms with van der Waals surface area (Å²) in [6.45, 7) is 9.56. The van der Waals surface area contributed by atoms with Crippen LogP contribution in [0.2, 0.25) is 0 Å². The maximum absolute atomic E-state index is 12.6. The second-order valence-electron chi connectivity index (χ2n) is 23.9.